The van der Waals surface area contributed by atoms with Gasteiger partial charge in [0.2, 0.25) is 0 Å². The molecule has 0 heterocycles. The van der Waals surface area contributed by atoms with Crippen molar-refractivity contribution in [3.63, 3.8) is 0 Å². The van der Waals surface area contributed by atoms with Crippen molar-refractivity contribution < 1.29 is 14.6 Å². The van der Waals surface area contributed by atoms with E-state index in [4.69, 9.17) is 4.74 Å². The third-order valence-electron chi connectivity index (χ3n) is 2.56. The molecule has 2 N–H and O–H groups in total. The van der Waals surface area contributed by atoms with Crippen LogP contribution in [0.25, 0.3) is 0 Å². The van der Waals surface area contributed by atoms with E-state index < -0.39 is 6.10 Å². The fourth-order valence-corrected chi connectivity index (χ4v) is 1.28. The molecule has 1 atom stereocenters. The Morgan fingerprint density at radius 3 is 2.29 bits per heavy atom. The Morgan fingerprint density at radius 1 is 1.41 bits per heavy atom. The molecule has 0 fully saturated rings. The summed E-state index contributed by atoms with van der Waals surface area (Å²) in [6.45, 7) is 10.1. The van der Waals surface area contributed by atoms with Crippen LogP contribution >= 0.6 is 0 Å². The molecule has 0 saturated heterocycles. The molecule has 1 unspecified atom stereocenters. The summed E-state index contributed by atoms with van der Waals surface area (Å²) in [4.78, 5) is 13.5. The van der Waals surface area contributed by atoms with Crippen LogP contribution in [0.3, 0.4) is 0 Å². The monoisotopic (exact) mass is 246 g/mol. The first kappa shape index (κ1) is 16.2. The Labute approximate surface area is 104 Å². The molecule has 5 nitrogen and oxygen atoms in total. The van der Waals surface area contributed by atoms with Crippen LogP contribution < -0.4 is 5.32 Å². The summed E-state index contributed by atoms with van der Waals surface area (Å²) >= 11 is 0. The van der Waals surface area contributed by atoms with Gasteiger partial charge in [-0.2, -0.15) is 0 Å². The number of amides is 2. The number of hydrogen-bond donors (Lipinski definition) is 2. The first-order valence-corrected chi connectivity index (χ1v) is 5.97. The Morgan fingerprint density at radius 2 is 1.94 bits per heavy atom. The second-order valence-corrected chi connectivity index (χ2v) is 5.22. The maximum atomic E-state index is 11.9. The van der Waals surface area contributed by atoms with Gasteiger partial charge in [0.25, 0.3) is 0 Å². The molecule has 0 aliphatic carbocycles. The molecule has 0 aromatic rings. The Bertz CT molecular complexity index is 240. The third kappa shape index (κ3) is 6.48. The van der Waals surface area contributed by atoms with E-state index in [9.17, 15) is 9.90 Å². The lowest BCUT2D eigenvalue weighted by molar-refractivity contribution is 0.0234. The quantitative estimate of drug-likeness (QED) is 0.740. The molecule has 2 amide bonds. The highest BCUT2D eigenvalue weighted by molar-refractivity contribution is 5.74. The molecule has 17 heavy (non-hydrogen) atoms. The van der Waals surface area contributed by atoms with E-state index in [0.29, 0.717) is 13.1 Å². The van der Waals surface area contributed by atoms with Gasteiger partial charge in [0.1, 0.15) is 0 Å². The maximum Gasteiger partial charge on any atom is 0.317 e. The number of nitrogens with zero attached hydrogens (tertiary/aromatic N) is 1. The number of rotatable bonds is 6. The third-order valence-corrected chi connectivity index (χ3v) is 2.56. The average Bonchev–Trinajstić information content (AvgIpc) is 2.22. The summed E-state index contributed by atoms with van der Waals surface area (Å²) in [6.07, 6.45) is -0.529. The summed E-state index contributed by atoms with van der Waals surface area (Å²) in [6, 6.07) is -0.124. The molecule has 5 heteroatoms. The zero-order valence-electron chi connectivity index (χ0n) is 11.8. The zero-order chi connectivity index (χ0) is 13.6. The van der Waals surface area contributed by atoms with Crippen molar-refractivity contribution in [1.82, 2.24) is 10.2 Å². The van der Waals surface area contributed by atoms with Crippen LogP contribution in [0.1, 0.15) is 34.6 Å². The minimum atomic E-state index is -0.529. The SMILES string of the molecule is COC(C)(C)CNC(=O)N(CC(C)O)C(C)C. The topological polar surface area (TPSA) is 61.8 Å². The van der Waals surface area contributed by atoms with Crippen molar-refractivity contribution in [3.8, 4) is 0 Å². The second-order valence-electron chi connectivity index (χ2n) is 5.22. The van der Waals surface area contributed by atoms with Gasteiger partial charge in [-0.3, -0.25) is 0 Å². The zero-order valence-corrected chi connectivity index (χ0v) is 11.8. The van der Waals surface area contributed by atoms with Crippen molar-refractivity contribution in [3.05, 3.63) is 0 Å². The molecule has 0 aromatic heterocycles. The highest BCUT2D eigenvalue weighted by Gasteiger charge is 2.22. The van der Waals surface area contributed by atoms with Gasteiger partial charge in [0.15, 0.2) is 0 Å². The number of carbonyl (C=O) groups excluding carboxylic acids is 1. The van der Waals surface area contributed by atoms with E-state index >= 15 is 0 Å². The lowest BCUT2D eigenvalue weighted by atomic mass is 10.1. The van der Waals surface area contributed by atoms with Gasteiger partial charge >= 0.3 is 6.03 Å². The fraction of sp³-hybridized carbons (Fsp3) is 0.917. The molecule has 0 aliphatic heterocycles. The number of aliphatic hydroxyl groups excluding tert-OH is 1. The molecule has 0 radical (unpaired) electrons. The minimum absolute atomic E-state index is 0.0512. The Balaban J connectivity index is 4.34. The van der Waals surface area contributed by atoms with E-state index in [0.717, 1.165) is 0 Å². The summed E-state index contributed by atoms with van der Waals surface area (Å²) < 4.78 is 5.23. The van der Waals surface area contributed by atoms with Crippen molar-refractivity contribution in [2.75, 3.05) is 20.2 Å². The number of methoxy groups -OCH3 is 1. The predicted molar refractivity (Wildman–Crippen MR) is 68.0 cm³/mol. The van der Waals surface area contributed by atoms with Gasteiger partial charge in [-0.05, 0) is 34.6 Å². The van der Waals surface area contributed by atoms with Gasteiger partial charge in [-0.25, -0.2) is 4.79 Å². The highest BCUT2D eigenvalue weighted by atomic mass is 16.5. The number of ether oxygens (including phenoxy) is 1. The van der Waals surface area contributed by atoms with Crippen LogP contribution in [0.5, 0.6) is 0 Å². The molecule has 0 spiro atoms. The van der Waals surface area contributed by atoms with E-state index in [1.54, 1.807) is 18.9 Å². The van der Waals surface area contributed by atoms with Gasteiger partial charge in [-0.1, -0.05) is 0 Å². The Kier molecular flexibility index (Phi) is 6.49. The van der Waals surface area contributed by atoms with Crippen LogP contribution in [-0.4, -0.2) is 54.0 Å². The normalized spacial score (nSPS) is 13.6. The maximum absolute atomic E-state index is 11.9. The first-order valence-electron chi connectivity index (χ1n) is 5.97. The van der Waals surface area contributed by atoms with Gasteiger partial charge in [0, 0.05) is 26.2 Å². The fourth-order valence-electron chi connectivity index (χ4n) is 1.28. The first-order chi connectivity index (χ1) is 7.69. The number of urea groups is 1. The van der Waals surface area contributed by atoms with Crippen molar-refractivity contribution in [2.24, 2.45) is 0 Å². The van der Waals surface area contributed by atoms with E-state index in [-0.39, 0.29) is 17.7 Å². The largest absolute Gasteiger partial charge is 0.392 e. The minimum Gasteiger partial charge on any atom is -0.392 e. The summed E-state index contributed by atoms with van der Waals surface area (Å²) in [7, 11) is 1.61. The van der Waals surface area contributed by atoms with Gasteiger partial charge in [0.05, 0.1) is 11.7 Å². The number of nitrogens with one attached hydrogen (secondary N) is 1. The summed E-state index contributed by atoms with van der Waals surface area (Å²) in [5.74, 6) is 0. The van der Waals surface area contributed by atoms with E-state index in [1.807, 2.05) is 27.7 Å². The Hall–Kier alpha value is -0.810. The van der Waals surface area contributed by atoms with Crippen molar-refractivity contribution in [1.29, 1.82) is 0 Å². The molecule has 102 valence electrons. The highest BCUT2D eigenvalue weighted by Crippen LogP contribution is 2.06. The van der Waals surface area contributed by atoms with Crippen LogP contribution in [0, 0.1) is 0 Å². The van der Waals surface area contributed by atoms with Crippen LogP contribution in [0.2, 0.25) is 0 Å². The van der Waals surface area contributed by atoms with Crippen LogP contribution in [0.4, 0.5) is 4.79 Å². The molecular formula is C12H26N2O3. The molecule has 0 aromatic carbocycles. The lowest BCUT2D eigenvalue weighted by Crippen LogP contribution is -2.50. The van der Waals surface area contributed by atoms with Gasteiger partial charge in [-0.15, -0.1) is 0 Å². The van der Waals surface area contributed by atoms with Crippen molar-refractivity contribution >= 4 is 6.03 Å². The van der Waals surface area contributed by atoms with Crippen molar-refractivity contribution in [2.45, 2.75) is 52.4 Å². The molecule has 0 aliphatic rings. The van der Waals surface area contributed by atoms with Crippen LogP contribution in [0.15, 0.2) is 0 Å². The standard InChI is InChI=1S/C12H26N2O3/c1-9(2)14(7-10(3)15)11(16)13-8-12(4,5)17-6/h9-10,15H,7-8H2,1-6H3,(H,13,16). The molecular weight excluding hydrogens is 220 g/mol. The van der Waals surface area contributed by atoms with Gasteiger partial charge < -0.3 is 20.1 Å². The predicted octanol–water partition coefficient (Wildman–Crippen LogP) is 1.21. The van der Waals surface area contributed by atoms with E-state index in [1.165, 1.54) is 0 Å². The van der Waals surface area contributed by atoms with E-state index in [2.05, 4.69) is 5.32 Å². The number of hydrogen-bond acceptors (Lipinski definition) is 3. The summed E-state index contributed by atoms with van der Waals surface area (Å²) in [5, 5.41) is 12.2. The lowest BCUT2D eigenvalue weighted by Gasteiger charge is -2.30. The van der Waals surface area contributed by atoms with Crippen LogP contribution in [-0.2, 0) is 4.74 Å². The molecule has 0 saturated carbocycles. The molecule has 0 bridgehead atoms. The smallest absolute Gasteiger partial charge is 0.317 e. The second kappa shape index (κ2) is 6.81. The number of carbonyl (C=O) groups is 1. The average molecular weight is 246 g/mol. The summed E-state index contributed by atoms with van der Waals surface area (Å²) in [5.41, 5.74) is -0.386. The molecule has 0 rings (SSSR count). The number of aliphatic hydroxyl groups is 1.